The molecule has 2 saturated heterocycles. The molecule has 38 heavy (non-hydrogen) atoms. The highest BCUT2D eigenvalue weighted by atomic mass is 31.3. The van der Waals surface area contributed by atoms with E-state index in [0.717, 1.165) is 6.33 Å². The van der Waals surface area contributed by atoms with Gasteiger partial charge in [0.1, 0.15) is 54.6 Å². The van der Waals surface area contributed by atoms with Crippen molar-refractivity contribution >= 4 is 32.6 Å². The zero-order chi connectivity index (χ0) is 28.0. The molecule has 8 N–H and O–H groups in total. The smallest absolute Gasteiger partial charge is 0.276 e. The summed E-state index contributed by atoms with van der Waals surface area (Å²) in [5.74, 6) is 0.0269. The summed E-state index contributed by atoms with van der Waals surface area (Å²) >= 11 is 0. The van der Waals surface area contributed by atoms with E-state index in [0.29, 0.717) is 0 Å². The van der Waals surface area contributed by atoms with Crippen molar-refractivity contribution in [3.8, 4) is 0 Å². The molecular weight excluding hydrogens is 564 g/mol. The van der Waals surface area contributed by atoms with E-state index < -0.39 is 84.1 Å². The van der Waals surface area contributed by atoms with Crippen LogP contribution in [0.15, 0.2) is 12.7 Å². The number of nitrogens with zero attached hydrogens (tertiary/aromatic N) is 4. The second-order valence-corrected chi connectivity index (χ2v) is 11.1. The second-order valence-electron chi connectivity index (χ2n) is 8.20. The van der Waals surface area contributed by atoms with E-state index in [-0.39, 0.29) is 17.0 Å². The minimum atomic E-state index is -5.88. The summed E-state index contributed by atoms with van der Waals surface area (Å²) in [6.45, 7) is -1.94. The highest BCUT2D eigenvalue weighted by Crippen LogP contribution is 2.57. The van der Waals surface area contributed by atoms with E-state index >= 15 is 0 Å². The number of rotatable bonds is 9. The number of phosphoric ester groups is 2. The lowest BCUT2D eigenvalue weighted by atomic mass is 10.00. The van der Waals surface area contributed by atoms with Gasteiger partial charge in [-0.3, -0.25) is 18.2 Å². The zero-order valence-electron chi connectivity index (χ0n) is 18.9. The number of imidazole rings is 1. The fourth-order valence-electron chi connectivity index (χ4n) is 3.76. The lowest BCUT2D eigenvalue weighted by Crippen LogP contribution is -2.59. The van der Waals surface area contributed by atoms with Gasteiger partial charge in [0.2, 0.25) is 0 Å². The predicted octanol–water partition coefficient (Wildman–Crippen LogP) is -5.19. The highest BCUT2D eigenvalue weighted by molar-refractivity contribution is 7.59. The number of nitrogens with two attached hydrogens (primary N) is 1. The van der Waals surface area contributed by atoms with Crippen molar-refractivity contribution in [1.29, 1.82) is 0 Å². The van der Waals surface area contributed by atoms with E-state index in [4.69, 9.17) is 20.3 Å². The topological polar surface area (TPSA) is 317 Å². The standard InChI is InChI=1S/C16H25N5O15P2/c17-13-7-14(19-3-18-13)21(4-20-7)15-11(26)9(24)6(33-15)2-32-37(28,29)36-38(30,31)35-16-12(27)10(25)8(23)5(1-22)34-16/h3-6,8-12,15-16,22-27H,1-2H2,(H,28,29)(H,30,31)(H2,17,18,19)/p-2/t5?,6-,8-,9+,10-,11?,12?,15-,16-/m1/s1. The van der Waals surface area contributed by atoms with Gasteiger partial charge in [-0.1, -0.05) is 0 Å². The van der Waals surface area contributed by atoms with Crippen LogP contribution >= 0.6 is 15.6 Å². The molecule has 0 radical (unpaired) electrons. The first-order valence-corrected chi connectivity index (χ1v) is 13.6. The Balaban J connectivity index is 1.38. The first-order chi connectivity index (χ1) is 17.7. The van der Waals surface area contributed by atoms with E-state index in [1.54, 1.807) is 0 Å². The summed E-state index contributed by atoms with van der Waals surface area (Å²) in [5, 5.41) is 59.1. The molecule has 0 amide bonds. The number of nitrogen functional groups attached to an aromatic ring is 1. The Bertz CT molecular complexity index is 1230. The number of hydrogen-bond donors (Lipinski definition) is 7. The van der Waals surface area contributed by atoms with Crippen LogP contribution in [0, 0.1) is 0 Å². The van der Waals surface area contributed by atoms with Crippen LogP contribution < -0.4 is 15.5 Å². The van der Waals surface area contributed by atoms with Crippen molar-refractivity contribution in [2.45, 2.75) is 55.2 Å². The van der Waals surface area contributed by atoms with Crippen LogP contribution in [0.3, 0.4) is 0 Å². The molecule has 2 aromatic rings. The van der Waals surface area contributed by atoms with Gasteiger partial charge in [-0.05, 0) is 0 Å². The Morgan fingerprint density at radius 1 is 0.947 bits per heavy atom. The maximum absolute atomic E-state index is 12.1. The number of ether oxygens (including phenoxy) is 2. The first kappa shape index (κ1) is 29.3. The van der Waals surface area contributed by atoms with Crippen molar-refractivity contribution in [2.24, 2.45) is 0 Å². The largest absolute Gasteiger partial charge is 0.756 e. The number of phosphoric acid groups is 2. The van der Waals surface area contributed by atoms with Crippen molar-refractivity contribution in [1.82, 2.24) is 19.5 Å². The van der Waals surface area contributed by atoms with E-state index in [9.17, 15) is 44.4 Å². The second kappa shape index (κ2) is 11.0. The first-order valence-electron chi connectivity index (χ1n) is 10.7. The van der Waals surface area contributed by atoms with Gasteiger partial charge < -0.3 is 60.2 Å². The Labute approximate surface area is 212 Å². The Hall–Kier alpha value is -1.71. The highest BCUT2D eigenvalue weighted by Gasteiger charge is 2.47. The molecule has 2 aliphatic heterocycles. The third kappa shape index (κ3) is 5.89. The van der Waals surface area contributed by atoms with Crippen LogP contribution in [0.25, 0.3) is 11.2 Å². The minimum absolute atomic E-state index is 0.0269. The number of aromatic nitrogens is 4. The Morgan fingerprint density at radius 2 is 1.63 bits per heavy atom. The van der Waals surface area contributed by atoms with Gasteiger partial charge in [-0.15, -0.1) is 0 Å². The maximum Gasteiger partial charge on any atom is 0.276 e. The van der Waals surface area contributed by atoms with Gasteiger partial charge in [0, 0.05) is 0 Å². The molecule has 20 nitrogen and oxygen atoms in total. The molecule has 22 heteroatoms. The molecule has 0 aliphatic carbocycles. The Kier molecular flexibility index (Phi) is 8.51. The quantitative estimate of drug-likeness (QED) is 0.135. The number of fused-ring (bicyclic) bond motifs is 1. The van der Waals surface area contributed by atoms with Gasteiger partial charge in [0.05, 0.1) is 19.5 Å². The molecule has 2 aliphatic rings. The minimum Gasteiger partial charge on any atom is -0.756 e. The fourth-order valence-corrected chi connectivity index (χ4v) is 5.85. The van der Waals surface area contributed by atoms with Crippen LogP contribution in [0.4, 0.5) is 5.82 Å². The molecule has 2 aromatic heterocycles. The van der Waals surface area contributed by atoms with Gasteiger partial charge in [0.25, 0.3) is 15.6 Å². The molecule has 11 atom stereocenters. The summed E-state index contributed by atoms with van der Waals surface area (Å²) in [4.78, 5) is 35.9. The SMILES string of the molecule is Nc1ncnc2c1ncn2[C@@H]1O[C@H](COP(=O)([O-])OP(=O)([O-])O[C@H]2OC(CO)[C@@H](O)[C@@H](O)C2O)[C@H](O)C1O. The number of aliphatic hydroxyl groups is 6. The van der Waals surface area contributed by atoms with Gasteiger partial charge in [-0.25, -0.2) is 19.3 Å². The number of hydrogen-bond acceptors (Lipinski definition) is 19. The van der Waals surface area contributed by atoms with Crippen molar-refractivity contribution < 1.29 is 72.4 Å². The molecule has 5 unspecified atom stereocenters. The normalized spacial score (nSPS) is 37.2. The molecule has 2 fully saturated rings. The summed E-state index contributed by atoms with van der Waals surface area (Å²) in [7, 11) is -11.6. The van der Waals surface area contributed by atoms with Crippen LogP contribution in [0.1, 0.15) is 6.23 Å². The maximum atomic E-state index is 12.1. The van der Waals surface area contributed by atoms with Gasteiger partial charge in [0.15, 0.2) is 24.0 Å². The summed E-state index contributed by atoms with van der Waals surface area (Å²) in [5.41, 5.74) is 6.00. The number of aliphatic hydroxyl groups excluding tert-OH is 6. The van der Waals surface area contributed by atoms with Gasteiger partial charge in [-0.2, -0.15) is 0 Å². The van der Waals surface area contributed by atoms with E-state index in [1.165, 1.54) is 10.9 Å². The predicted molar refractivity (Wildman–Crippen MR) is 113 cm³/mol. The molecule has 0 spiro atoms. The average molecular weight is 587 g/mol. The molecule has 4 rings (SSSR count). The monoisotopic (exact) mass is 587 g/mol. The lowest BCUT2D eigenvalue weighted by molar-refractivity contribution is -0.305. The van der Waals surface area contributed by atoms with Crippen LogP contribution in [-0.4, -0.2) is 112 Å². The molecule has 0 aromatic carbocycles. The van der Waals surface area contributed by atoms with Crippen molar-refractivity contribution in [2.75, 3.05) is 18.9 Å². The van der Waals surface area contributed by atoms with E-state index in [2.05, 4.69) is 28.3 Å². The van der Waals surface area contributed by atoms with Gasteiger partial charge >= 0.3 is 0 Å². The van der Waals surface area contributed by atoms with Crippen molar-refractivity contribution in [3.63, 3.8) is 0 Å². The van der Waals surface area contributed by atoms with Crippen LogP contribution in [-0.2, 0) is 32.0 Å². The fraction of sp³-hybridized carbons (Fsp3) is 0.688. The third-order valence-corrected chi connectivity index (χ3v) is 8.21. The Morgan fingerprint density at radius 3 is 2.32 bits per heavy atom. The van der Waals surface area contributed by atoms with Crippen LogP contribution in [0.5, 0.6) is 0 Å². The third-order valence-electron chi connectivity index (χ3n) is 5.68. The van der Waals surface area contributed by atoms with Crippen LogP contribution in [0.2, 0.25) is 0 Å². The lowest BCUT2D eigenvalue weighted by Gasteiger charge is -2.41. The summed E-state index contributed by atoms with van der Waals surface area (Å²) in [6.07, 6.45) is -13.7. The molecular formula is C16H23N5O15P2-2. The molecule has 214 valence electrons. The molecule has 4 heterocycles. The molecule has 0 bridgehead atoms. The zero-order valence-corrected chi connectivity index (χ0v) is 20.7. The number of anilines is 1. The molecule has 0 saturated carbocycles. The average Bonchev–Trinajstić information content (AvgIpc) is 3.39. The van der Waals surface area contributed by atoms with Crippen molar-refractivity contribution in [3.05, 3.63) is 12.7 Å². The van der Waals surface area contributed by atoms with E-state index in [1.807, 2.05) is 0 Å². The summed E-state index contributed by atoms with van der Waals surface area (Å²) < 4.78 is 48.4. The summed E-state index contributed by atoms with van der Waals surface area (Å²) in [6, 6.07) is 0.